The Hall–Kier alpha value is -1.61. The van der Waals surface area contributed by atoms with E-state index in [0.717, 1.165) is 30.3 Å². The van der Waals surface area contributed by atoms with Crippen LogP contribution in [-0.2, 0) is 0 Å². The third-order valence-corrected chi connectivity index (χ3v) is 5.15. The highest BCUT2D eigenvalue weighted by Crippen LogP contribution is 2.25. The third kappa shape index (κ3) is 2.95. The predicted octanol–water partition coefficient (Wildman–Crippen LogP) is 3.35. The number of aromatic nitrogens is 1. The summed E-state index contributed by atoms with van der Waals surface area (Å²) in [4.78, 5) is 9.85. The first kappa shape index (κ1) is 14.0. The van der Waals surface area contributed by atoms with Gasteiger partial charge in [0.15, 0.2) is 0 Å². The molecule has 0 aliphatic carbocycles. The van der Waals surface area contributed by atoms with Gasteiger partial charge in [0.2, 0.25) is 0 Å². The van der Waals surface area contributed by atoms with Gasteiger partial charge in [-0.25, -0.2) is 4.98 Å². The summed E-state index contributed by atoms with van der Waals surface area (Å²) in [7, 11) is 0. The SMILES string of the molecule is [c]1cc2ccccc2nc1N1CCC(CN2CCCC2)CC1. The molecule has 0 spiro atoms. The second-order valence-corrected chi connectivity index (χ2v) is 6.72. The quantitative estimate of drug-likeness (QED) is 0.865. The number of fused-ring (bicyclic) bond motifs is 1. The Labute approximate surface area is 132 Å². The van der Waals surface area contributed by atoms with Gasteiger partial charge in [-0.05, 0) is 56.8 Å². The smallest absolute Gasteiger partial charge is 0.137 e. The Kier molecular flexibility index (Phi) is 3.98. The van der Waals surface area contributed by atoms with Gasteiger partial charge in [0.1, 0.15) is 5.82 Å². The van der Waals surface area contributed by atoms with Gasteiger partial charge < -0.3 is 9.80 Å². The lowest BCUT2D eigenvalue weighted by Crippen LogP contribution is -2.38. The molecule has 2 aliphatic rings. The number of pyridine rings is 1. The van der Waals surface area contributed by atoms with E-state index in [-0.39, 0.29) is 0 Å². The minimum Gasteiger partial charge on any atom is -0.356 e. The molecule has 2 aromatic rings. The summed E-state index contributed by atoms with van der Waals surface area (Å²) in [5.74, 6) is 1.90. The molecule has 2 aliphatic heterocycles. The van der Waals surface area contributed by atoms with Crippen molar-refractivity contribution in [3.63, 3.8) is 0 Å². The molecule has 0 saturated carbocycles. The van der Waals surface area contributed by atoms with Gasteiger partial charge in [0.05, 0.1) is 5.52 Å². The van der Waals surface area contributed by atoms with Gasteiger partial charge in [-0.2, -0.15) is 0 Å². The Morgan fingerprint density at radius 2 is 1.82 bits per heavy atom. The first-order valence-corrected chi connectivity index (χ1v) is 8.63. The Balaban J connectivity index is 1.39. The van der Waals surface area contributed by atoms with Crippen LogP contribution in [0.15, 0.2) is 30.3 Å². The lowest BCUT2D eigenvalue weighted by molar-refractivity contribution is 0.249. The fourth-order valence-corrected chi connectivity index (χ4v) is 3.82. The van der Waals surface area contributed by atoms with Crippen molar-refractivity contribution in [1.82, 2.24) is 9.88 Å². The molecule has 0 unspecified atom stereocenters. The number of anilines is 1. The number of nitrogens with zero attached hydrogens (tertiary/aromatic N) is 3. The summed E-state index contributed by atoms with van der Waals surface area (Å²) in [6, 6.07) is 13.8. The average molecular weight is 294 g/mol. The molecule has 1 radical (unpaired) electrons. The standard InChI is InChI=1S/C19H24N3/c1-2-6-18-17(5-1)7-8-19(20-18)22-13-9-16(10-14-22)15-21-11-3-4-12-21/h1-2,5-7,16H,3-4,9-15H2. The van der Waals surface area contributed by atoms with Crippen LogP contribution < -0.4 is 4.90 Å². The van der Waals surface area contributed by atoms with Crippen LogP contribution in [0.4, 0.5) is 5.82 Å². The van der Waals surface area contributed by atoms with E-state index in [2.05, 4.69) is 46.2 Å². The zero-order valence-electron chi connectivity index (χ0n) is 13.2. The van der Waals surface area contributed by atoms with Gasteiger partial charge in [-0.3, -0.25) is 0 Å². The molecular formula is C19H24N3. The zero-order valence-corrected chi connectivity index (χ0v) is 13.2. The highest BCUT2D eigenvalue weighted by atomic mass is 15.2. The summed E-state index contributed by atoms with van der Waals surface area (Å²) >= 11 is 0. The highest BCUT2D eigenvalue weighted by Gasteiger charge is 2.23. The first-order valence-electron chi connectivity index (χ1n) is 8.63. The Morgan fingerprint density at radius 1 is 1.05 bits per heavy atom. The van der Waals surface area contributed by atoms with Gasteiger partial charge in [0, 0.05) is 31.1 Å². The van der Waals surface area contributed by atoms with Gasteiger partial charge >= 0.3 is 0 Å². The molecule has 2 fully saturated rings. The maximum Gasteiger partial charge on any atom is 0.137 e. The number of hydrogen-bond donors (Lipinski definition) is 0. The van der Waals surface area contributed by atoms with Crippen LogP contribution in [0.25, 0.3) is 10.9 Å². The largest absolute Gasteiger partial charge is 0.356 e. The summed E-state index contributed by atoms with van der Waals surface area (Å²) < 4.78 is 0. The normalized spacial score (nSPS) is 20.8. The second-order valence-electron chi connectivity index (χ2n) is 6.72. The van der Waals surface area contributed by atoms with E-state index in [1.807, 2.05) is 0 Å². The molecule has 1 aromatic carbocycles. The van der Waals surface area contributed by atoms with E-state index in [1.54, 1.807) is 0 Å². The van der Waals surface area contributed by atoms with Crippen LogP contribution in [0.3, 0.4) is 0 Å². The van der Waals surface area contributed by atoms with Crippen LogP contribution in [0, 0.1) is 12.0 Å². The highest BCUT2D eigenvalue weighted by molar-refractivity contribution is 5.79. The van der Waals surface area contributed by atoms with Gasteiger partial charge in [0.25, 0.3) is 0 Å². The first-order chi connectivity index (χ1) is 10.9. The molecule has 0 amide bonds. The zero-order chi connectivity index (χ0) is 14.8. The van der Waals surface area contributed by atoms with Gasteiger partial charge in [-0.15, -0.1) is 0 Å². The number of benzene rings is 1. The van der Waals surface area contributed by atoms with E-state index in [9.17, 15) is 0 Å². The van der Waals surface area contributed by atoms with E-state index in [0.29, 0.717) is 0 Å². The Bertz CT molecular complexity index is 625. The molecule has 115 valence electrons. The van der Waals surface area contributed by atoms with Crippen molar-refractivity contribution in [1.29, 1.82) is 0 Å². The summed E-state index contributed by atoms with van der Waals surface area (Å²) in [6.07, 6.45) is 5.38. The molecule has 2 saturated heterocycles. The molecule has 3 heteroatoms. The van der Waals surface area contributed by atoms with Crippen molar-refractivity contribution in [3.8, 4) is 0 Å². The number of likely N-dealkylation sites (tertiary alicyclic amines) is 1. The number of para-hydroxylation sites is 1. The molecule has 0 atom stereocenters. The van der Waals surface area contributed by atoms with Crippen molar-refractivity contribution in [2.75, 3.05) is 37.6 Å². The van der Waals surface area contributed by atoms with Crippen molar-refractivity contribution in [2.24, 2.45) is 5.92 Å². The molecule has 3 nitrogen and oxygen atoms in total. The van der Waals surface area contributed by atoms with Crippen molar-refractivity contribution in [2.45, 2.75) is 25.7 Å². The molecule has 4 rings (SSSR count). The third-order valence-electron chi connectivity index (χ3n) is 5.15. The van der Waals surface area contributed by atoms with Gasteiger partial charge in [-0.1, -0.05) is 18.2 Å². The van der Waals surface area contributed by atoms with Crippen molar-refractivity contribution < 1.29 is 0 Å². The maximum absolute atomic E-state index is 4.79. The van der Waals surface area contributed by atoms with Crippen LogP contribution in [-0.4, -0.2) is 42.6 Å². The summed E-state index contributed by atoms with van der Waals surface area (Å²) in [5.41, 5.74) is 1.08. The Morgan fingerprint density at radius 3 is 2.64 bits per heavy atom. The molecule has 0 bridgehead atoms. The average Bonchev–Trinajstić information content (AvgIpc) is 3.08. The fraction of sp³-hybridized carbons (Fsp3) is 0.526. The summed E-state index contributed by atoms with van der Waals surface area (Å²) in [6.45, 7) is 6.20. The maximum atomic E-state index is 4.79. The van der Waals surface area contributed by atoms with E-state index in [1.165, 1.54) is 50.7 Å². The lowest BCUT2D eigenvalue weighted by atomic mass is 9.96. The topological polar surface area (TPSA) is 19.4 Å². The molecule has 1 aromatic heterocycles. The number of hydrogen-bond acceptors (Lipinski definition) is 3. The molecular weight excluding hydrogens is 270 g/mol. The molecule has 22 heavy (non-hydrogen) atoms. The predicted molar refractivity (Wildman–Crippen MR) is 91.2 cm³/mol. The number of piperidine rings is 1. The number of rotatable bonds is 3. The van der Waals surface area contributed by atoms with Crippen LogP contribution in [0.2, 0.25) is 0 Å². The van der Waals surface area contributed by atoms with Crippen LogP contribution >= 0.6 is 0 Å². The minimum atomic E-state index is 0.870. The second kappa shape index (κ2) is 6.25. The van der Waals surface area contributed by atoms with E-state index in [4.69, 9.17) is 4.98 Å². The fourth-order valence-electron chi connectivity index (χ4n) is 3.82. The lowest BCUT2D eigenvalue weighted by Gasteiger charge is -2.34. The minimum absolute atomic E-state index is 0.870. The van der Waals surface area contributed by atoms with Crippen molar-refractivity contribution in [3.05, 3.63) is 36.4 Å². The van der Waals surface area contributed by atoms with Crippen molar-refractivity contribution >= 4 is 16.7 Å². The van der Waals surface area contributed by atoms with E-state index < -0.39 is 0 Å². The molecule has 3 heterocycles. The monoisotopic (exact) mass is 294 g/mol. The summed E-state index contributed by atoms with van der Waals surface area (Å²) in [5, 5.41) is 1.18. The van der Waals surface area contributed by atoms with Crippen LogP contribution in [0.1, 0.15) is 25.7 Å². The van der Waals surface area contributed by atoms with Crippen LogP contribution in [0.5, 0.6) is 0 Å². The molecule has 0 N–H and O–H groups in total. The van der Waals surface area contributed by atoms with E-state index >= 15 is 0 Å².